The number of rotatable bonds is 6. The lowest BCUT2D eigenvalue weighted by Crippen LogP contribution is -2.34. The molecular weight excluding hydrogens is 576 g/mol. The van der Waals surface area contributed by atoms with Crippen LogP contribution in [0.4, 0.5) is 33.5 Å². The third-order valence-corrected chi connectivity index (χ3v) is 7.45. The minimum atomic E-state index is 0.499. The average molecular weight is 613 g/mol. The molecule has 14 heteroatoms. The monoisotopic (exact) mass is 612 g/mol. The van der Waals surface area contributed by atoms with Crippen molar-refractivity contribution in [2.45, 2.75) is 0 Å². The second-order valence-corrected chi connectivity index (χ2v) is 10.7. The lowest BCUT2D eigenvalue weighted by atomic mass is 10.3. The van der Waals surface area contributed by atoms with Gasteiger partial charge in [-0.2, -0.15) is 18.7 Å². The SMILES string of the molecule is c1ccc(Nc2nc(N3CCOCCOCCN(c4nsc(Nc5ccccc5)n4)CCOCCOCC3)ns2)cc1. The van der Waals surface area contributed by atoms with Crippen LogP contribution in [0.2, 0.25) is 0 Å². The first-order valence-electron chi connectivity index (χ1n) is 14.0. The normalized spacial score (nSPS) is 16.9. The zero-order chi connectivity index (χ0) is 28.7. The van der Waals surface area contributed by atoms with Crippen molar-refractivity contribution in [1.29, 1.82) is 0 Å². The molecule has 2 N–H and O–H groups in total. The van der Waals surface area contributed by atoms with Crippen molar-refractivity contribution >= 4 is 56.6 Å². The highest BCUT2D eigenvalue weighted by Crippen LogP contribution is 2.23. The Morgan fingerprint density at radius 1 is 0.500 bits per heavy atom. The quantitative estimate of drug-likeness (QED) is 0.324. The van der Waals surface area contributed by atoms with Gasteiger partial charge in [-0.05, 0) is 24.3 Å². The van der Waals surface area contributed by atoms with E-state index in [0.29, 0.717) is 90.9 Å². The van der Waals surface area contributed by atoms with Crippen LogP contribution in [0.25, 0.3) is 0 Å². The smallest absolute Gasteiger partial charge is 0.239 e. The van der Waals surface area contributed by atoms with Gasteiger partial charge in [0, 0.05) is 60.6 Å². The van der Waals surface area contributed by atoms with Crippen LogP contribution >= 0.6 is 23.1 Å². The summed E-state index contributed by atoms with van der Waals surface area (Å²) in [5.74, 6) is 1.32. The van der Waals surface area contributed by atoms with Gasteiger partial charge in [0.25, 0.3) is 0 Å². The van der Waals surface area contributed by atoms with Gasteiger partial charge >= 0.3 is 0 Å². The lowest BCUT2D eigenvalue weighted by molar-refractivity contribution is 0.0434. The molecule has 12 nitrogen and oxygen atoms in total. The van der Waals surface area contributed by atoms with Gasteiger partial charge in [0.1, 0.15) is 0 Å². The van der Waals surface area contributed by atoms with Crippen molar-refractivity contribution in [2.75, 3.05) is 99.5 Å². The van der Waals surface area contributed by atoms with Gasteiger partial charge in [0.2, 0.25) is 22.2 Å². The van der Waals surface area contributed by atoms with E-state index in [1.54, 1.807) is 0 Å². The standard InChI is InChI=1S/C28H36N8O4S2/c1-3-7-23(8-4-1)29-27-31-25(33-41-27)35-11-15-37-19-21-39-17-13-36(14-18-40-22-20-38-16-12-35)26-32-28(42-34-26)30-24-9-5-2-6-10-24/h1-10H,11-22H2,(H,29,31,33)(H,30,32,34). The molecule has 4 aromatic rings. The minimum Gasteiger partial charge on any atom is -0.377 e. The Labute approximate surface area is 253 Å². The average Bonchev–Trinajstić information content (AvgIpc) is 3.68. The van der Waals surface area contributed by atoms with Crippen molar-refractivity contribution in [3.05, 3.63) is 60.7 Å². The van der Waals surface area contributed by atoms with E-state index in [-0.39, 0.29) is 0 Å². The van der Waals surface area contributed by atoms with E-state index in [0.717, 1.165) is 21.6 Å². The summed E-state index contributed by atoms with van der Waals surface area (Å²) in [7, 11) is 0. The molecule has 1 saturated heterocycles. The number of nitrogens with zero attached hydrogens (tertiary/aromatic N) is 6. The Hall–Kier alpha value is -3.40. The summed E-state index contributed by atoms with van der Waals surface area (Å²) in [5.41, 5.74) is 1.95. The zero-order valence-corrected chi connectivity index (χ0v) is 25.0. The third-order valence-electron chi connectivity index (χ3n) is 6.21. The molecule has 224 valence electrons. The van der Waals surface area contributed by atoms with E-state index < -0.39 is 0 Å². The molecule has 2 aromatic carbocycles. The van der Waals surface area contributed by atoms with E-state index in [4.69, 9.17) is 18.9 Å². The van der Waals surface area contributed by atoms with Crippen LogP contribution < -0.4 is 20.4 Å². The molecule has 0 amide bonds. The predicted octanol–water partition coefficient (Wildman–Crippen LogP) is 4.27. The highest BCUT2D eigenvalue weighted by molar-refractivity contribution is 7.10. The maximum atomic E-state index is 5.86. The molecule has 1 fully saturated rings. The van der Waals surface area contributed by atoms with Crippen molar-refractivity contribution in [1.82, 2.24) is 18.7 Å². The van der Waals surface area contributed by atoms with Crippen LogP contribution in [0.15, 0.2) is 60.7 Å². The number of para-hydroxylation sites is 2. The first-order valence-corrected chi connectivity index (χ1v) is 15.5. The number of hydrogen-bond donors (Lipinski definition) is 2. The topological polar surface area (TPSA) is 119 Å². The van der Waals surface area contributed by atoms with Crippen molar-refractivity contribution in [2.24, 2.45) is 0 Å². The maximum absolute atomic E-state index is 5.86. The van der Waals surface area contributed by atoms with Gasteiger partial charge in [0.15, 0.2) is 0 Å². The number of nitrogens with one attached hydrogen (secondary N) is 2. The van der Waals surface area contributed by atoms with Crippen molar-refractivity contribution < 1.29 is 18.9 Å². The van der Waals surface area contributed by atoms with Crippen molar-refractivity contribution in [3.8, 4) is 0 Å². The molecule has 1 aliphatic heterocycles. The summed E-state index contributed by atoms with van der Waals surface area (Å²) in [4.78, 5) is 13.5. The summed E-state index contributed by atoms with van der Waals surface area (Å²) in [6.45, 7) is 6.67. The van der Waals surface area contributed by atoms with Gasteiger partial charge in [-0.15, -0.1) is 0 Å². The van der Waals surface area contributed by atoms with Crippen LogP contribution in [-0.4, -0.2) is 97.7 Å². The van der Waals surface area contributed by atoms with Gasteiger partial charge in [-0.3, -0.25) is 0 Å². The second-order valence-electron chi connectivity index (χ2n) is 9.20. The maximum Gasteiger partial charge on any atom is 0.239 e. The molecule has 0 radical (unpaired) electrons. The molecule has 0 spiro atoms. The van der Waals surface area contributed by atoms with E-state index in [1.165, 1.54) is 23.1 Å². The number of anilines is 6. The molecule has 1 aliphatic rings. The van der Waals surface area contributed by atoms with Crippen LogP contribution in [-0.2, 0) is 18.9 Å². The lowest BCUT2D eigenvalue weighted by Gasteiger charge is -2.22. The number of hydrogen-bond acceptors (Lipinski definition) is 14. The van der Waals surface area contributed by atoms with Crippen LogP contribution in [0.1, 0.15) is 0 Å². The number of ether oxygens (including phenoxy) is 4. The molecule has 2 aromatic heterocycles. The van der Waals surface area contributed by atoms with Gasteiger partial charge in [-0.1, -0.05) is 36.4 Å². The molecule has 0 aliphatic carbocycles. The Kier molecular flexibility index (Phi) is 12.1. The van der Waals surface area contributed by atoms with Crippen LogP contribution in [0.3, 0.4) is 0 Å². The Balaban J connectivity index is 1.10. The molecule has 0 saturated carbocycles. The first kappa shape index (κ1) is 30.1. The van der Waals surface area contributed by atoms with Crippen molar-refractivity contribution in [3.63, 3.8) is 0 Å². The summed E-state index contributed by atoms with van der Waals surface area (Å²) in [6.07, 6.45) is 0. The number of aromatic nitrogens is 4. The first-order chi connectivity index (χ1) is 20.8. The fourth-order valence-electron chi connectivity index (χ4n) is 4.05. The van der Waals surface area contributed by atoms with Gasteiger partial charge < -0.3 is 39.4 Å². The highest BCUT2D eigenvalue weighted by atomic mass is 32.1. The van der Waals surface area contributed by atoms with E-state index in [2.05, 4.69) is 39.1 Å². The summed E-state index contributed by atoms with van der Waals surface area (Å²) >= 11 is 2.66. The largest absolute Gasteiger partial charge is 0.377 e. The zero-order valence-electron chi connectivity index (χ0n) is 23.4. The molecule has 42 heavy (non-hydrogen) atoms. The van der Waals surface area contributed by atoms with Gasteiger partial charge in [0.05, 0.1) is 52.9 Å². The van der Waals surface area contributed by atoms with E-state index >= 15 is 0 Å². The molecule has 3 heterocycles. The Morgan fingerprint density at radius 2 is 0.857 bits per heavy atom. The minimum absolute atomic E-state index is 0.499. The van der Waals surface area contributed by atoms with Crippen LogP contribution in [0, 0.1) is 0 Å². The summed E-state index contributed by atoms with van der Waals surface area (Å²) in [6, 6.07) is 19.9. The van der Waals surface area contributed by atoms with Crippen LogP contribution in [0.5, 0.6) is 0 Å². The molecule has 0 unspecified atom stereocenters. The molecular formula is C28H36N8O4S2. The van der Waals surface area contributed by atoms with E-state index in [9.17, 15) is 0 Å². The second kappa shape index (κ2) is 16.9. The molecule has 5 rings (SSSR count). The summed E-state index contributed by atoms with van der Waals surface area (Å²) in [5, 5.41) is 8.09. The van der Waals surface area contributed by atoms with Gasteiger partial charge in [-0.25, -0.2) is 0 Å². The fourth-order valence-corrected chi connectivity index (χ4v) is 5.27. The fraction of sp³-hybridized carbons (Fsp3) is 0.429. The Morgan fingerprint density at radius 3 is 1.21 bits per heavy atom. The highest BCUT2D eigenvalue weighted by Gasteiger charge is 2.15. The number of benzene rings is 2. The molecule has 0 bridgehead atoms. The molecule has 0 atom stereocenters. The predicted molar refractivity (Wildman–Crippen MR) is 167 cm³/mol. The third kappa shape index (κ3) is 9.86. The summed E-state index contributed by atoms with van der Waals surface area (Å²) < 4.78 is 32.6. The Bertz CT molecular complexity index is 1180. The van der Waals surface area contributed by atoms with E-state index in [1.807, 2.05) is 60.7 Å².